The predicted octanol–water partition coefficient (Wildman–Crippen LogP) is 1.20. The first-order chi connectivity index (χ1) is 8.95. The molecule has 0 heterocycles. The summed E-state index contributed by atoms with van der Waals surface area (Å²) in [6.07, 6.45) is 0.332. The van der Waals surface area contributed by atoms with Crippen molar-refractivity contribution in [2.24, 2.45) is 5.73 Å². The molecule has 0 spiro atoms. The van der Waals surface area contributed by atoms with Crippen molar-refractivity contribution in [3.8, 4) is 5.75 Å². The van der Waals surface area contributed by atoms with Crippen LogP contribution in [0.25, 0.3) is 0 Å². The highest BCUT2D eigenvalue weighted by atomic mass is 79.9. The van der Waals surface area contributed by atoms with Crippen LogP contribution in [0.1, 0.15) is 6.42 Å². The highest BCUT2D eigenvalue weighted by Gasteiger charge is 2.17. The van der Waals surface area contributed by atoms with Crippen LogP contribution >= 0.6 is 15.9 Å². The first-order valence-corrected chi connectivity index (χ1v) is 6.28. The number of amides is 1. The number of nitrogens with zero attached hydrogens (tertiary/aromatic N) is 1. The summed E-state index contributed by atoms with van der Waals surface area (Å²) in [7, 11) is 1.61. The first kappa shape index (κ1) is 15.4. The van der Waals surface area contributed by atoms with Crippen LogP contribution in [-0.4, -0.2) is 30.5 Å². The SMILES string of the molecule is CNC(CCOc1ccc(Br)cc1[N+](=O)[O-])C(N)=O. The van der Waals surface area contributed by atoms with E-state index in [0.29, 0.717) is 10.9 Å². The molecule has 104 valence electrons. The summed E-state index contributed by atoms with van der Waals surface area (Å²) < 4.78 is 5.92. The van der Waals surface area contributed by atoms with Gasteiger partial charge in [0.1, 0.15) is 0 Å². The molecule has 0 aliphatic carbocycles. The number of hydrogen-bond donors (Lipinski definition) is 2. The number of nitro benzene ring substituents is 1. The molecule has 1 unspecified atom stereocenters. The molecule has 0 aliphatic heterocycles. The topological polar surface area (TPSA) is 107 Å². The van der Waals surface area contributed by atoms with Gasteiger partial charge >= 0.3 is 5.69 Å². The van der Waals surface area contributed by atoms with Crippen molar-refractivity contribution in [3.63, 3.8) is 0 Å². The van der Waals surface area contributed by atoms with Gasteiger partial charge < -0.3 is 15.8 Å². The van der Waals surface area contributed by atoms with Gasteiger partial charge in [-0.25, -0.2) is 0 Å². The van der Waals surface area contributed by atoms with Gasteiger partial charge in [-0.15, -0.1) is 0 Å². The van der Waals surface area contributed by atoms with Gasteiger partial charge in [-0.2, -0.15) is 0 Å². The molecular weight excluding hydrogens is 318 g/mol. The van der Waals surface area contributed by atoms with E-state index in [0.717, 1.165) is 0 Å². The molecule has 7 nitrogen and oxygen atoms in total. The lowest BCUT2D eigenvalue weighted by atomic mass is 10.2. The molecule has 1 aromatic rings. The third-order valence-electron chi connectivity index (χ3n) is 2.47. The van der Waals surface area contributed by atoms with Gasteiger partial charge in [0, 0.05) is 17.0 Å². The third-order valence-corrected chi connectivity index (χ3v) is 2.97. The number of carbonyl (C=O) groups excluding carboxylic acids is 1. The summed E-state index contributed by atoms with van der Waals surface area (Å²) in [4.78, 5) is 21.3. The smallest absolute Gasteiger partial charge is 0.312 e. The van der Waals surface area contributed by atoms with E-state index >= 15 is 0 Å². The van der Waals surface area contributed by atoms with Crippen molar-refractivity contribution in [1.82, 2.24) is 5.32 Å². The minimum absolute atomic E-state index is 0.130. The van der Waals surface area contributed by atoms with Crippen molar-refractivity contribution in [2.75, 3.05) is 13.7 Å². The molecule has 0 saturated carbocycles. The molecule has 0 aliphatic rings. The van der Waals surface area contributed by atoms with Gasteiger partial charge in [-0.1, -0.05) is 15.9 Å². The fourth-order valence-electron chi connectivity index (χ4n) is 1.47. The number of nitrogens with one attached hydrogen (secondary N) is 1. The standard InChI is InChI=1S/C11H14BrN3O4/c1-14-8(11(13)16)4-5-19-10-3-2-7(12)6-9(10)15(17)18/h2-3,6,8,14H,4-5H2,1H3,(H2,13,16). The molecule has 1 aromatic carbocycles. The van der Waals surface area contributed by atoms with Gasteiger partial charge in [0.05, 0.1) is 17.6 Å². The summed E-state index contributed by atoms with van der Waals surface area (Å²) in [5.41, 5.74) is 5.02. The molecule has 1 atom stereocenters. The molecule has 0 saturated heterocycles. The quantitative estimate of drug-likeness (QED) is 0.576. The Kier molecular flexibility index (Phi) is 5.71. The summed E-state index contributed by atoms with van der Waals surface area (Å²) in [6.45, 7) is 0.150. The van der Waals surface area contributed by atoms with E-state index in [9.17, 15) is 14.9 Å². The third kappa shape index (κ3) is 4.49. The Balaban J connectivity index is 2.68. The molecule has 1 amide bonds. The second kappa shape index (κ2) is 7.05. The summed E-state index contributed by atoms with van der Waals surface area (Å²) >= 11 is 3.16. The highest BCUT2D eigenvalue weighted by Crippen LogP contribution is 2.30. The molecule has 8 heteroatoms. The molecule has 3 N–H and O–H groups in total. The van der Waals surface area contributed by atoms with Crippen LogP contribution in [0.5, 0.6) is 5.75 Å². The number of halogens is 1. The van der Waals surface area contributed by atoms with E-state index < -0.39 is 16.9 Å². The number of primary amides is 1. The molecular formula is C11H14BrN3O4. The number of ether oxygens (including phenoxy) is 1. The summed E-state index contributed by atoms with van der Waals surface area (Å²) in [5, 5.41) is 13.6. The average molecular weight is 332 g/mol. The zero-order valence-corrected chi connectivity index (χ0v) is 11.8. The van der Waals surface area contributed by atoms with Crippen molar-refractivity contribution in [2.45, 2.75) is 12.5 Å². The van der Waals surface area contributed by atoms with Gasteiger partial charge in [-0.3, -0.25) is 14.9 Å². The van der Waals surface area contributed by atoms with E-state index in [2.05, 4.69) is 21.2 Å². The largest absolute Gasteiger partial charge is 0.487 e. The van der Waals surface area contributed by atoms with E-state index in [4.69, 9.17) is 10.5 Å². The van der Waals surface area contributed by atoms with Gasteiger partial charge in [0.15, 0.2) is 5.75 Å². The monoisotopic (exact) mass is 331 g/mol. The van der Waals surface area contributed by atoms with Gasteiger partial charge in [-0.05, 0) is 19.2 Å². The normalized spacial score (nSPS) is 11.9. The van der Waals surface area contributed by atoms with E-state index in [1.807, 2.05) is 0 Å². The number of hydrogen-bond acceptors (Lipinski definition) is 5. The van der Waals surface area contributed by atoms with E-state index in [1.54, 1.807) is 13.1 Å². The molecule has 0 bridgehead atoms. The Hall–Kier alpha value is -1.67. The van der Waals surface area contributed by atoms with Gasteiger partial charge in [0.2, 0.25) is 5.91 Å². The maximum atomic E-state index is 11.0. The van der Waals surface area contributed by atoms with Gasteiger partial charge in [0.25, 0.3) is 0 Å². The van der Waals surface area contributed by atoms with Crippen LogP contribution < -0.4 is 15.8 Å². The Morgan fingerprint density at radius 2 is 2.32 bits per heavy atom. The van der Waals surface area contributed by atoms with Crippen molar-refractivity contribution in [1.29, 1.82) is 0 Å². The summed E-state index contributed by atoms with van der Waals surface area (Å²) in [5.74, 6) is -0.330. The van der Waals surface area contributed by atoms with E-state index in [-0.39, 0.29) is 18.0 Å². The number of nitro groups is 1. The maximum absolute atomic E-state index is 11.0. The Morgan fingerprint density at radius 1 is 1.63 bits per heavy atom. The average Bonchev–Trinajstić information content (AvgIpc) is 2.35. The van der Waals surface area contributed by atoms with Crippen molar-refractivity contribution in [3.05, 3.63) is 32.8 Å². The fourth-order valence-corrected chi connectivity index (χ4v) is 1.82. The molecule has 1 rings (SSSR count). The molecule has 0 aromatic heterocycles. The van der Waals surface area contributed by atoms with Crippen LogP contribution in [-0.2, 0) is 4.79 Å². The lowest BCUT2D eigenvalue weighted by Gasteiger charge is -2.12. The van der Waals surface area contributed by atoms with Crippen LogP contribution in [0, 0.1) is 10.1 Å². The fraction of sp³-hybridized carbons (Fsp3) is 0.364. The molecule has 0 fully saturated rings. The van der Waals surface area contributed by atoms with Crippen LogP contribution in [0.4, 0.5) is 5.69 Å². The maximum Gasteiger partial charge on any atom is 0.312 e. The first-order valence-electron chi connectivity index (χ1n) is 5.49. The number of benzene rings is 1. The lowest BCUT2D eigenvalue weighted by Crippen LogP contribution is -2.40. The second-order valence-corrected chi connectivity index (χ2v) is 4.67. The van der Waals surface area contributed by atoms with E-state index in [1.165, 1.54) is 12.1 Å². The van der Waals surface area contributed by atoms with Crippen LogP contribution in [0.2, 0.25) is 0 Å². The zero-order chi connectivity index (χ0) is 14.4. The number of likely N-dealkylation sites (N-methyl/N-ethyl adjacent to an activating group) is 1. The van der Waals surface area contributed by atoms with Crippen LogP contribution in [0.15, 0.2) is 22.7 Å². The Morgan fingerprint density at radius 3 is 2.84 bits per heavy atom. The summed E-state index contributed by atoms with van der Waals surface area (Å²) in [6, 6.07) is 3.99. The number of carbonyl (C=O) groups is 1. The highest BCUT2D eigenvalue weighted by molar-refractivity contribution is 9.10. The molecule has 19 heavy (non-hydrogen) atoms. The zero-order valence-electron chi connectivity index (χ0n) is 10.3. The van der Waals surface area contributed by atoms with Crippen molar-refractivity contribution >= 4 is 27.5 Å². The number of rotatable bonds is 7. The lowest BCUT2D eigenvalue weighted by molar-refractivity contribution is -0.385. The Labute approximate surface area is 118 Å². The predicted molar refractivity (Wildman–Crippen MR) is 73.0 cm³/mol. The van der Waals surface area contributed by atoms with Crippen LogP contribution in [0.3, 0.4) is 0 Å². The minimum atomic E-state index is -0.524. The minimum Gasteiger partial charge on any atom is -0.487 e. The number of nitrogens with two attached hydrogens (primary N) is 1. The second-order valence-electron chi connectivity index (χ2n) is 3.75. The Bertz CT molecular complexity index is 481. The van der Waals surface area contributed by atoms with Crippen molar-refractivity contribution < 1.29 is 14.5 Å². The molecule has 0 radical (unpaired) electrons.